The Morgan fingerprint density at radius 3 is 2.39 bits per heavy atom. The van der Waals surface area contributed by atoms with Crippen LogP contribution in [0.4, 0.5) is 36.3 Å². The highest BCUT2D eigenvalue weighted by Gasteiger charge is 2.35. The van der Waals surface area contributed by atoms with Gasteiger partial charge in [0.1, 0.15) is 11.4 Å². The van der Waals surface area contributed by atoms with Crippen molar-refractivity contribution in [1.29, 1.82) is 0 Å². The lowest BCUT2D eigenvalue weighted by Gasteiger charge is -2.17. The molecule has 0 aliphatic heterocycles. The number of unbranched alkanes of at least 4 members (excludes halogenated alkanes) is 3. The zero-order chi connectivity index (χ0) is 22.3. The third kappa shape index (κ3) is 6.59. The molecule has 0 fully saturated rings. The van der Waals surface area contributed by atoms with Crippen LogP contribution in [0.2, 0.25) is 5.02 Å². The number of nitrogens with one attached hydrogen (secondary N) is 2. The smallest absolute Gasteiger partial charge is 0.339 e. The second-order valence-corrected chi connectivity index (χ2v) is 7.61. The van der Waals surface area contributed by atoms with Crippen molar-refractivity contribution in [3.05, 3.63) is 70.9 Å². The van der Waals surface area contributed by atoms with Crippen LogP contribution in [0.3, 0.4) is 0 Å². The average Bonchev–Trinajstić information content (AvgIpc) is 2.73. The van der Waals surface area contributed by atoms with Crippen molar-refractivity contribution in [1.82, 2.24) is 9.97 Å². The molecule has 0 saturated heterocycles. The third-order valence-electron chi connectivity index (χ3n) is 4.76. The molecule has 31 heavy (non-hydrogen) atoms. The van der Waals surface area contributed by atoms with E-state index in [1.807, 2.05) is 12.1 Å². The Kier molecular flexibility index (Phi) is 7.74. The molecule has 3 rings (SSSR count). The van der Waals surface area contributed by atoms with E-state index in [0.29, 0.717) is 16.4 Å². The number of hydrogen-bond acceptors (Lipinski definition) is 4. The Labute approximate surface area is 184 Å². The Bertz CT molecular complexity index is 991. The molecule has 3 aromatic rings. The number of anilines is 4. The van der Waals surface area contributed by atoms with Gasteiger partial charge in [-0.25, -0.2) is 4.98 Å². The highest BCUT2D eigenvalue weighted by molar-refractivity contribution is 6.30. The number of halogens is 4. The Hall–Kier alpha value is -2.80. The van der Waals surface area contributed by atoms with Gasteiger partial charge in [0.15, 0.2) is 0 Å². The van der Waals surface area contributed by atoms with Crippen molar-refractivity contribution < 1.29 is 13.2 Å². The maximum atomic E-state index is 13.6. The molecule has 8 heteroatoms. The largest absolute Gasteiger partial charge is 0.421 e. The van der Waals surface area contributed by atoms with Crippen molar-refractivity contribution in [2.24, 2.45) is 0 Å². The average molecular weight is 449 g/mol. The first-order valence-electron chi connectivity index (χ1n) is 10.2. The van der Waals surface area contributed by atoms with Gasteiger partial charge in [0, 0.05) is 22.6 Å². The van der Waals surface area contributed by atoms with E-state index >= 15 is 0 Å². The Morgan fingerprint density at radius 2 is 1.68 bits per heavy atom. The Balaban J connectivity index is 1.87. The highest BCUT2D eigenvalue weighted by Crippen LogP contribution is 2.36. The second kappa shape index (κ2) is 10.5. The van der Waals surface area contributed by atoms with Gasteiger partial charge < -0.3 is 10.6 Å². The molecule has 0 aliphatic rings. The fourth-order valence-corrected chi connectivity index (χ4v) is 3.26. The van der Waals surface area contributed by atoms with Crippen LogP contribution in [0, 0.1) is 0 Å². The number of nitrogens with zero attached hydrogens (tertiary/aromatic N) is 2. The molecule has 164 valence electrons. The molecule has 1 heterocycles. The molecule has 0 amide bonds. The quantitative estimate of drug-likeness (QED) is 0.328. The summed E-state index contributed by atoms with van der Waals surface area (Å²) < 4.78 is 40.8. The number of rotatable bonds is 9. The van der Waals surface area contributed by atoms with Gasteiger partial charge in [-0.1, -0.05) is 56.0 Å². The maximum absolute atomic E-state index is 13.6. The monoisotopic (exact) mass is 448 g/mol. The van der Waals surface area contributed by atoms with Crippen LogP contribution in [0.15, 0.2) is 54.7 Å². The van der Waals surface area contributed by atoms with E-state index in [9.17, 15) is 13.2 Å². The van der Waals surface area contributed by atoms with Crippen LogP contribution in [0.25, 0.3) is 0 Å². The number of aromatic nitrogens is 2. The molecule has 1 aromatic heterocycles. The van der Waals surface area contributed by atoms with Crippen LogP contribution in [-0.4, -0.2) is 9.97 Å². The van der Waals surface area contributed by atoms with E-state index in [1.165, 1.54) is 0 Å². The van der Waals surface area contributed by atoms with Gasteiger partial charge in [0.2, 0.25) is 5.95 Å². The predicted molar refractivity (Wildman–Crippen MR) is 119 cm³/mol. The lowest BCUT2D eigenvalue weighted by Crippen LogP contribution is -2.13. The summed E-state index contributed by atoms with van der Waals surface area (Å²) in [5.74, 6) is -0.238. The fourth-order valence-electron chi connectivity index (χ4n) is 3.14. The van der Waals surface area contributed by atoms with Crippen molar-refractivity contribution in [2.45, 2.75) is 45.2 Å². The fraction of sp³-hybridized carbons (Fsp3) is 0.304. The molecule has 0 aliphatic carbocycles. The summed E-state index contributed by atoms with van der Waals surface area (Å²) in [5.41, 5.74) is 1.26. The normalized spacial score (nSPS) is 11.4. The molecule has 0 saturated carbocycles. The Morgan fingerprint density at radius 1 is 0.935 bits per heavy atom. The molecule has 0 bridgehead atoms. The summed E-state index contributed by atoms with van der Waals surface area (Å²) in [4.78, 5) is 7.96. The standard InChI is InChI=1S/C23H24ClF3N4/c1-2-3-4-5-8-16-9-6-7-10-20(16)30-21-19(23(25,26)27)15-28-22(31-21)29-18-13-11-17(24)12-14-18/h6-7,9-15H,2-5,8H2,1H3,(H2,28,29,30,31). The second-order valence-electron chi connectivity index (χ2n) is 7.18. The van der Waals surface area contributed by atoms with Crippen molar-refractivity contribution in [3.8, 4) is 0 Å². The molecule has 2 N–H and O–H groups in total. The topological polar surface area (TPSA) is 49.8 Å². The van der Waals surface area contributed by atoms with Crippen LogP contribution in [-0.2, 0) is 12.6 Å². The predicted octanol–water partition coefficient (Wildman–Crippen LogP) is 7.76. The molecular formula is C23H24ClF3N4. The SMILES string of the molecule is CCCCCCc1ccccc1Nc1nc(Nc2ccc(Cl)cc2)ncc1C(F)(F)F. The molecule has 0 spiro atoms. The number of hydrogen-bond donors (Lipinski definition) is 2. The number of para-hydroxylation sites is 1. The summed E-state index contributed by atoms with van der Waals surface area (Å²) >= 11 is 5.88. The lowest BCUT2D eigenvalue weighted by atomic mass is 10.0. The molecule has 2 aromatic carbocycles. The van der Waals surface area contributed by atoms with E-state index < -0.39 is 11.7 Å². The van der Waals surface area contributed by atoms with Gasteiger partial charge in [0.05, 0.1) is 0 Å². The number of aryl methyl sites for hydroxylation is 1. The zero-order valence-corrected chi connectivity index (χ0v) is 17.9. The first-order valence-corrected chi connectivity index (χ1v) is 10.6. The maximum Gasteiger partial charge on any atom is 0.421 e. The summed E-state index contributed by atoms with van der Waals surface area (Å²) in [6.07, 6.45) is 1.31. The van der Waals surface area contributed by atoms with E-state index in [1.54, 1.807) is 36.4 Å². The van der Waals surface area contributed by atoms with Gasteiger partial charge in [-0.3, -0.25) is 0 Å². The first kappa shape index (κ1) is 22.9. The van der Waals surface area contributed by atoms with E-state index in [0.717, 1.165) is 43.9 Å². The van der Waals surface area contributed by atoms with Crippen molar-refractivity contribution in [3.63, 3.8) is 0 Å². The van der Waals surface area contributed by atoms with Gasteiger partial charge in [-0.2, -0.15) is 18.2 Å². The zero-order valence-electron chi connectivity index (χ0n) is 17.1. The third-order valence-corrected chi connectivity index (χ3v) is 5.02. The van der Waals surface area contributed by atoms with Crippen LogP contribution in [0.5, 0.6) is 0 Å². The van der Waals surface area contributed by atoms with Gasteiger partial charge >= 0.3 is 6.18 Å². The van der Waals surface area contributed by atoms with Gasteiger partial charge in [-0.15, -0.1) is 0 Å². The lowest BCUT2D eigenvalue weighted by molar-refractivity contribution is -0.137. The van der Waals surface area contributed by atoms with Crippen LogP contribution in [0.1, 0.15) is 43.7 Å². The first-order chi connectivity index (χ1) is 14.9. The minimum atomic E-state index is -4.59. The molecule has 4 nitrogen and oxygen atoms in total. The van der Waals surface area contributed by atoms with Crippen molar-refractivity contribution >= 4 is 34.7 Å². The summed E-state index contributed by atoms with van der Waals surface area (Å²) in [6.45, 7) is 2.14. The summed E-state index contributed by atoms with van der Waals surface area (Å²) in [5, 5.41) is 6.35. The molecule has 0 unspecified atom stereocenters. The minimum Gasteiger partial charge on any atom is -0.339 e. The van der Waals surface area contributed by atoms with E-state index in [2.05, 4.69) is 27.5 Å². The highest BCUT2D eigenvalue weighted by atomic mass is 35.5. The number of alkyl halides is 3. The molecule has 0 radical (unpaired) electrons. The summed E-state index contributed by atoms with van der Waals surface area (Å²) in [7, 11) is 0. The molecule has 0 atom stereocenters. The van der Waals surface area contributed by atoms with Gasteiger partial charge in [0.25, 0.3) is 0 Å². The number of benzene rings is 2. The van der Waals surface area contributed by atoms with Crippen LogP contribution >= 0.6 is 11.6 Å². The molecular weight excluding hydrogens is 425 g/mol. The van der Waals surface area contributed by atoms with E-state index in [-0.39, 0.29) is 11.8 Å². The minimum absolute atomic E-state index is 0.0539. The van der Waals surface area contributed by atoms with Crippen LogP contribution < -0.4 is 10.6 Å². The van der Waals surface area contributed by atoms with Gasteiger partial charge in [-0.05, 0) is 48.7 Å². The van der Waals surface area contributed by atoms with E-state index in [4.69, 9.17) is 11.6 Å². The summed E-state index contributed by atoms with van der Waals surface area (Å²) in [6, 6.07) is 14.1. The van der Waals surface area contributed by atoms with Crippen molar-refractivity contribution in [2.75, 3.05) is 10.6 Å².